The number of nitrogens with two attached hydrogens (primary N) is 1. The molecule has 0 bridgehead atoms. The van der Waals surface area contributed by atoms with Crippen LogP contribution in [0, 0.1) is 0 Å². The fourth-order valence-corrected chi connectivity index (χ4v) is 1.61. The molecule has 0 aliphatic heterocycles. The molecule has 0 saturated heterocycles. The van der Waals surface area contributed by atoms with E-state index in [1.165, 1.54) is 0 Å². The minimum absolute atomic E-state index is 0.437. The SMILES string of the molecule is NCc1cc(Cl)ccc1-c1cnccn1. The van der Waals surface area contributed by atoms with Gasteiger partial charge in [0.05, 0.1) is 11.9 Å². The van der Waals surface area contributed by atoms with Crippen molar-refractivity contribution < 1.29 is 0 Å². The van der Waals surface area contributed by atoms with Gasteiger partial charge in [-0.15, -0.1) is 0 Å². The van der Waals surface area contributed by atoms with Gasteiger partial charge in [0.2, 0.25) is 0 Å². The third kappa shape index (κ3) is 2.14. The van der Waals surface area contributed by atoms with E-state index >= 15 is 0 Å². The van der Waals surface area contributed by atoms with Gasteiger partial charge in [0, 0.05) is 29.5 Å². The Morgan fingerprint density at radius 3 is 2.80 bits per heavy atom. The zero-order valence-electron chi connectivity index (χ0n) is 8.02. The molecule has 2 rings (SSSR count). The largest absolute Gasteiger partial charge is 0.326 e. The van der Waals surface area contributed by atoms with Gasteiger partial charge in [0.1, 0.15) is 0 Å². The lowest BCUT2D eigenvalue weighted by atomic mass is 10.1. The highest BCUT2D eigenvalue weighted by Crippen LogP contribution is 2.23. The Balaban J connectivity index is 2.53. The minimum Gasteiger partial charge on any atom is -0.326 e. The Kier molecular flexibility index (Phi) is 2.94. The van der Waals surface area contributed by atoms with E-state index in [0.29, 0.717) is 11.6 Å². The number of hydrogen-bond acceptors (Lipinski definition) is 3. The molecule has 1 aromatic carbocycles. The summed E-state index contributed by atoms with van der Waals surface area (Å²) in [5.74, 6) is 0. The van der Waals surface area contributed by atoms with E-state index in [1.54, 1.807) is 18.6 Å². The summed E-state index contributed by atoms with van der Waals surface area (Å²) in [5.41, 5.74) is 8.42. The van der Waals surface area contributed by atoms with Gasteiger partial charge in [-0.25, -0.2) is 0 Å². The summed E-state index contributed by atoms with van der Waals surface area (Å²) < 4.78 is 0. The van der Waals surface area contributed by atoms with Crippen LogP contribution in [0.1, 0.15) is 5.56 Å². The van der Waals surface area contributed by atoms with Gasteiger partial charge < -0.3 is 5.73 Å². The Hall–Kier alpha value is -1.45. The first kappa shape index (κ1) is 10.1. The maximum absolute atomic E-state index is 5.89. The zero-order valence-corrected chi connectivity index (χ0v) is 8.78. The lowest BCUT2D eigenvalue weighted by Gasteiger charge is -2.06. The molecule has 76 valence electrons. The molecule has 0 saturated carbocycles. The number of benzene rings is 1. The molecule has 0 fully saturated rings. The van der Waals surface area contributed by atoms with Crippen molar-refractivity contribution in [2.24, 2.45) is 5.73 Å². The molecular weight excluding hydrogens is 210 g/mol. The van der Waals surface area contributed by atoms with Crippen molar-refractivity contribution in [3.8, 4) is 11.3 Å². The molecule has 15 heavy (non-hydrogen) atoms. The lowest BCUT2D eigenvalue weighted by Crippen LogP contribution is -1.99. The van der Waals surface area contributed by atoms with Crippen LogP contribution in [0.2, 0.25) is 5.02 Å². The summed E-state index contributed by atoms with van der Waals surface area (Å²) in [4.78, 5) is 8.25. The molecule has 3 nitrogen and oxygen atoms in total. The highest BCUT2D eigenvalue weighted by atomic mass is 35.5. The number of aromatic nitrogens is 2. The first-order valence-electron chi connectivity index (χ1n) is 4.56. The van der Waals surface area contributed by atoms with E-state index in [9.17, 15) is 0 Å². The molecule has 0 atom stereocenters. The van der Waals surface area contributed by atoms with Crippen molar-refractivity contribution in [3.05, 3.63) is 47.4 Å². The van der Waals surface area contributed by atoms with E-state index in [-0.39, 0.29) is 0 Å². The summed E-state index contributed by atoms with van der Waals surface area (Å²) >= 11 is 5.89. The molecule has 2 aromatic rings. The highest BCUT2D eigenvalue weighted by Gasteiger charge is 2.05. The Labute approximate surface area is 92.9 Å². The third-order valence-electron chi connectivity index (χ3n) is 2.13. The van der Waals surface area contributed by atoms with Crippen LogP contribution < -0.4 is 5.73 Å². The minimum atomic E-state index is 0.437. The number of halogens is 1. The maximum atomic E-state index is 5.89. The quantitative estimate of drug-likeness (QED) is 0.843. The summed E-state index contributed by atoms with van der Waals surface area (Å²) in [6.45, 7) is 0.437. The van der Waals surface area contributed by atoms with E-state index in [1.807, 2.05) is 18.2 Å². The second-order valence-electron chi connectivity index (χ2n) is 3.10. The van der Waals surface area contributed by atoms with Gasteiger partial charge >= 0.3 is 0 Å². The van der Waals surface area contributed by atoms with Crippen molar-refractivity contribution in [2.75, 3.05) is 0 Å². The number of rotatable bonds is 2. The molecule has 0 aliphatic rings. The molecule has 0 aliphatic carbocycles. The van der Waals surface area contributed by atoms with Crippen molar-refractivity contribution >= 4 is 11.6 Å². The van der Waals surface area contributed by atoms with Crippen LogP contribution in [0.3, 0.4) is 0 Å². The van der Waals surface area contributed by atoms with Gasteiger partial charge in [-0.1, -0.05) is 17.7 Å². The van der Waals surface area contributed by atoms with Gasteiger partial charge in [0.15, 0.2) is 0 Å². The predicted octanol–water partition coefficient (Wildman–Crippen LogP) is 2.26. The average molecular weight is 220 g/mol. The van der Waals surface area contributed by atoms with Crippen LogP contribution in [0.15, 0.2) is 36.8 Å². The molecule has 0 radical (unpaired) electrons. The fraction of sp³-hybridized carbons (Fsp3) is 0.0909. The summed E-state index contributed by atoms with van der Waals surface area (Å²) in [6, 6.07) is 5.59. The van der Waals surface area contributed by atoms with Gasteiger partial charge in [-0.05, 0) is 17.7 Å². The third-order valence-corrected chi connectivity index (χ3v) is 2.36. The number of nitrogens with zero attached hydrogens (tertiary/aromatic N) is 2. The van der Waals surface area contributed by atoms with E-state index in [2.05, 4.69) is 9.97 Å². The topological polar surface area (TPSA) is 51.8 Å². The molecule has 1 aromatic heterocycles. The van der Waals surface area contributed by atoms with Crippen LogP contribution in [-0.2, 0) is 6.54 Å². The normalized spacial score (nSPS) is 10.3. The molecule has 0 spiro atoms. The predicted molar refractivity (Wildman–Crippen MR) is 60.4 cm³/mol. The second-order valence-corrected chi connectivity index (χ2v) is 3.53. The molecule has 0 unspecified atom stereocenters. The Bertz CT molecular complexity index is 457. The van der Waals surface area contributed by atoms with Gasteiger partial charge in [-0.3, -0.25) is 9.97 Å². The monoisotopic (exact) mass is 219 g/mol. The van der Waals surface area contributed by atoms with Crippen LogP contribution in [0.4, 0.5) is 0 Å². The molecule has 0 amide bonds. The number of hydrogen-bond donors (Lipinski definition) is 1. The maximum Gasteiger partial charge on any atom is 0.0888 e. The Morgan fingerprint density at radius 1 is 1.27 bits per heavy atom. The van der Waals surface area contributed by atoms with Crippen molar-refractivity contribution in [3.63, 3.8) is 0 Å². The first-order valence-corrected chi connectivity index (χ1v) is 4.94. The van der Waals surface area contributed by atoms with Crippen LogP contribution in [-0.4, -0.2) is 9.97 Å². The van der Waals surface area contributed by atoms with E-state index in [4.69, 9.17) is 17.3 Å². The standard InChI is InChI=1S/C11H10ClN3/c12-9-1-2-10(8(5-9)6-13)11-7-14-3-4-15-11/h1-5,7H,6,13H2. The summed E-state index contributed by atoms with van der Waals surface area (Å²) in [6.07, 6.45) is 5.01. The van der Waals surface area contributed by atoms with Crippen LogP contribution >= 0.6 is 11.6 Å². The van der Waals surface area contributed by atoms with E-state index < -0.39 is 0 Å². The highest BCUT2D eigenvalue weighted by molar-refractivity contribution is 6.30. The van der Waals surface area contributed by atoms with Crippen LogP contribution in [0.5, 0.6) is 0 Å². The first-order chi connectivity index (χ1) is 7.31. The molecule has 4 heteroatoms. The average Bonchev–Trinajstić information content (AvgIpc) is 2.30. The summed E-state index contributed by atoms with van der Waals surface area (Å²) in [5, 5.41) is 0.683. The van der Waals surface area contributed by atoms with Gasteiger partial charge in [-0.2, -0.15) is 0 Å². The van der Waals surface area contributed by atoms with E-state index in [0.717, 1.165) is 16.8 Å². The smallest absolute Gasteiger partial charge is 0.0888 e. The fourth-order valence-electron chi connectivity index (χ4n) is 1.42. The Morgan fingerprint density at radius 2 is 2.13 bits per heavy atom. The van der Waals surface area contributed by atoms with Crippen molar-refractivity contribution in [1.82, 2.24) is 9.97 Å². The second kappa shape index (κ2) is 4.38. The molecule has 2 N–H and O–H groups in total. The molecular formula is C11H10ClN3. The van der Waals surface area contributed by atoms with Gasteiger partial charge in [0.25, 0.3) is 0 Å². The van der Waals surface area contributed by atoms with Crippen molar-refractivity contribution in [1.29, 1.82) is 0 Å². The van der Waals surface area contributed by atoms with Crippen LogP contribution in [0.25, 0.3) is 11.3 Å². The van der Waals surface area contributed by atoms with Crippen molar-refractivity contribution in [2.45, 2.75) is 6.54 Å². The molecule has 1 heterocycles. The zero-order chi connectivity index (χ0) is 10.7. The lowest BCUT2D eigenvalue weighted by molar-refractivity contribution is 1.07. The summed E-state index contributed by atoms with van der Waals surface area (Å²) in [7, 11) is 0.